The summed E-state index contributed by atoms with van der Waals surface area (Å²) >= 11 is 0. The van der Waals surface area contributed by atoms with E-state index in [1.54, 1.807) is 24.3 Å². The first kappa shape index (κ1) is 19.8. The summed E-state index contributed by atoms with van der Waals surface area (Å²) in [6.07, 6.45) is 1.30. The third-order valence-electron chi connectivity index (χ3n) is 4.42. The van der Waals surface area contributed by atoms with Crippen LogP contribution in [-0.4, -0.2) is 36.1 Å². The molecule has 146 valence electrons. The predicted octanol–water partition coefficient (Wildman–Crippen LogP) is 2.27. The van der Waals surface area contributed by atoms with Gasteiger partial charge in [0.1, 0.15) is 11.3 Å². The van der Waals surface area contributed by atoms with Crippen LogP contribution in [0.25, 0.3) is 11.0 Å². The Kier molecular flexibility index (Phi) is 5.67. The fourth-order valence-electron chi connectivity index (χ4n) is 2.85. The van der Waals surface area contributed by atoms with Gasteiger partial charge in [-0.2, -0.15) is 8.78 Å². The van der Waals surface area contributed by atoms with Crippen LogP contribution in [0.3, 0.4) is 0 Å². The fraction of sp³-hybridized carbons (Fsp3) is 0.211. The Morgan fingerprint density at radius 2 is 1.89 bits per heavy atom. The molecule has 1 heterocycles. The SMILES string of the molecule is COc1ccc(C(F)(F)C(=O)NC(Cc2coc3ccccc23)B(O)O)cc1. The topological polar surface area (TPSA) is 91.9 Å². The van der Waals surface area contributed by atoms with E-state index in [9.17, 15) is 23.6 Å². The number of hydrogen-bond donors (Lipinski definition) is 3. The standard InChI is InChI=1S/C19H18BF2NO5/c1-27-14-8-6-13(7-9-14)19(21,22)18(24)23-17(20(25)26)10-12-11-28-16-5-3-2-4-15(12)16/h2-9,11,17,25-26H,10H2,1H3,(H,23,24). The smallest absolute Gasteiger partial charge is 0.475 e. The van der Waals surface area contributed by atoms with E-state index >= 15 is 0 Å². The van der Waals surface area contributed by atoms with E-state index in [1.807, 2.05) is 5.32 Å². The summed E-state index contributed by atoms with van der Waals surface area (Å²) in [6.45, 7) is 0. The molecule has 9 heteroatoms. The molecule has 0 saturated carbocycles. The van der Waals surface area contributed by atoms with Gasteiger partial charge in [0.25, 0.3) is 5.91 Å². The van der Waals surface area contributed by atoms with Crippen molar-refractivity contribution in [2.24, 2.45) is 0 Å². The maximum Gasteiger partial charge on any atom is 0.475 e. The quantitative estimate of drug-likeness (QED) is 0.540. The molecular weight excluding hydrogens is 371 g/mol. The van der Waals surface area contributed by atoms with Crippen LogP contribution in [0.1, 0.15) is 11.1 Å². The van der Waals surface area contributed by atoms with Gasteiger partial charge in [0, 0.05) is 10.9 Å². The van der Waals surface area contributed by atoms with Crippen molar-refractivity contribution in [1.29, 1.82) is 0 Å². The zero-order chi connectivity index (χ0) is 20.3. The van der Waals surface area contributed by atoms with E-state index in [2.05, 4.69) is 0 Å². The first-order chi connectivity index (χ1) is 13.3. The van der Waals surface area contributed by atoms with Crippen molar-refractivity contribution in [3.63, 3.8) is 0 Å². The third-order valence-corrected chi connectivity index (χ3v) is 4.42. The van der Waals surface area contributed by atoms with E-state index in [-0.39, 0.29) is 6.42 Å². The number of fused-ring (bicyclic) bond motifs is 1. The van der Waals surface area contributed by atoms with Gasteiger partial charge < -0.3 is 24.5 Å². The zero-order valence-electron chi connectivity index (χ0n) is 14.9. The maximum absolute atomic E-state index is 14.5. The summed E-state index contributed by atoms with van der Waals surface area (Å²) in [5.41, 5.74) is 0.589. The van der Waals surface area contributed by atoms with Crippen LogP contribution in [0.5, 0.6) is 5.75 Å². The van der Waals surface area contributed by atoms with Crippen LogP contribution in [0.15, 0.2) is 59.2 Å². The van der Waals surface area contributed by atoms with Gasteiger partial charge in [-0.1, -0.05) is 18.2 Å². The minimum Gasteiger partial charge on any atom is -0.497 e. The Labute approximate surface area is 159 Å². The molecule has 3 rings (SSSR count). The summed E-state index contributed by atoms with van der Waals surface area (Å²) in [4.78, 5) is 12.2. The Morgan fingerprint density at radius 3 is 2.54 bits per heavy atom. The second-order valence-electron chi connectivity index (χ2n) is 6.26. The van der Waals surface area contributed by atoms with Gasteiger partial charge in [0.05, 0.1) is 19.3 Å². The molecule has 0 aliphatic heterocycles. The highest BCUT2D eigenvalue weighted by molar-refractivity contribution is 6.43. The number of furan rings is 1. The molecule has 1 atom stereocenters. The molecule has 0 fully saturated rings. The number of carbonyl (C=O) groups is 1. The first-order valence-electron chi connectivity index (χ1n) is 8.47. The summed E-state index contributed by atoms with van der Waals surface area (Å²) < 4.78 is 39.3. The molecule has 2 aromatic carbocycles. The Morgan fingerprint density at radius 1 is 1.21 bits per heavy atom. The lowest BCUT2D eigenvalue weighted by molar-refractivity contribution is -0.147. The molecule has 1 aromatic heterocycles. The van der Waals surface area contributed by atoms with E-state index in [4.69, 9.17) is 9.15 Å². The van der Waals surface area contributed by atoms with Crippen LogP contribution in [0.2, 0.25) is 0 Å². The lowest BCUT2D eigenvalue weighted by atomic mass is 9.75. The van der Waals surface area contributed by atoms with Crippen molar-refractivity contribution in [3.8, 4) is 5.75 Å². The first-order valence-corrected chi connectivity index (χ1v) is 8.47. The lowest BCUT2D eigenvalue weighted by Crippen LogP contribution is -2.52. The van der Waals surface area contributed by atoms with Crippen LogP contribution in [0, 0.1) is 0 Å². The fourth-order valence-corrected chi connectivity index (χ4v) is 2.85. The van der Waals surface area contributed by atoms with Gasteiger partial charge in [0.15, 0.2) is 0 Å². The summed E-state index contributed by atoms with van der Waals surface area (Å²) in [5.74, 6) is -6.48. The molecule has 0 bridgehead atoms. The maximum atomic E-state index is 14.5. The zero-order valence-corrected chi connectivity index (χ0v) is 14.9. The van der Waals surface area contributed by atoms with E-state index in [1.165, 1.54) is 25.5 Å². The second-order valence-corrected chi connectivity index (χ2v) is 6.26. The van der Waals surface area contributed by atoms with E-state index in [0.717, 1.165) is 12.1 Å². The number of para-hydroxylation sites is 1. The Balaban J connectivity index is 1.78. The number of methoxy groups -OCH3 is 1. The number of alkyl halides is 2. The van der Waals surface area contributed by atoms with Crippen LogP contribution >= 0.6 is 0 Å². The molecule has 1 unspecified atom stereocenters. The lowest BCUT2D eigenvalue weighted by Gasteiger charge is -2.22. The van der Waals surface area contributed by atoms with Gasteiger partial charge in [-0.15, -0.1) is 0 Å². The molecule has 28 heavy (non-hydrogen) atoms. The largest absolute Gasteiger partial charge is 0.497 e. The number of amides is 1. The summed E-state index contributed by atoms with van der Waals surface area (Å²) in [5, 5.41) is 21.9. The molecule has 0 aliphatic carbocycles. The number of benzene rings is 2. The summed E-state index contributed by atoms with van der Waals surface area (Å²) in [7, 11) is -0.642. The highest BCUT2D eigenvalue weighted by Gasteiger charge is 2.43. The van der Waals surface area contributed by atoms with Gasteiger partial charge >= 0.3 is 13.0 Å². The van der Waals surface area contributed by atoms with Crippen molar-refractivity contribution < 1.29 is 32.8 Å². The van der Waals surface area contributed by atoms with Gasteiger partial charge in [-0.05, 0) is 42.3 Å². The number of ether oxygens (including phenoxy) is 1. The molecule has 6 nitrogen and oxygen atoms in total. The van der Waals surface area contributed by atoms with Gasteiger partial charge in [-0.25, -0.2) is 0 Å². The van der Waals surface area contributed by atoms with Crippen LogP contribution in [-0.2, 0) is 17.1 Å². The molecular formula is C19H18BF2NO5. The molecule has 3 aromatic rings. The Hall–Kier alpha value is -2.91. The predicted molar refractivity (Wildman–Crippen MR) is 98.9 cm³/mol. The highest BCUT2D eigenvalue weighted by Crippen LogP contribution is 2.30. The van der Waals surface area contributed by atoms with Crippen molar-refractivity contribution in [2.45, 2.75) is 18.3 Å². The number of rotatable bonds is 7. The van der Waals surface area contributed by atoms with Crippen molar-refractivity contribution in [2.75, 3.05) is 7.11 Å². The third kappa shape index (κ3) is 4.00. The van der Waals surface area contributed by atoms with Gasteiger partial charge in [-0.3, -0.25) is 4.79 Å². The van der Waals surface area contributed by atoms with Crippen molar-refractivity contribution >= 4 is 24.0 Å². The highest BCUT2D eigenvalue weighted by atomic mass is 19.3. The number of nitrogens with one attached hydrogen (secondary N) is 1. The minimum atomic E-state index is -3.86. The number of halogens is 2. The Bertz CT molecular complexity index is 958. The number of hydrogen-bond acceptors (Lipinski definition) is 5. The molecule has 1 amide bonds. The molecule has 3 N–H and O–H groups in total. The van der Waals surface area contributed by atoms with Crippen molar-refractivity contribution in [1.82, 2.24) is 5.32 Å². The average Bonchev–Trinajstić information content (AvgIpc) is 3.10. The molecule has 0 saturated heterocycles. The monoisotopic (exact) mass is 389 g/mol. The minimum absolute atomic E-state index is 0.0981. The molecule has 0 aliphatic rings. The van der Waals surface area contributed by atoms with E-state index < -0.39 is 30.5 Å². The average molecular weight is 389 g/mol. The molecule has 0 spiro atoms. The van der Waals surface area contributed by atoms with Gasteiger partial charge in [0.2, 0.25) is 0 Å². The molecule has 0 radical (unpaired) electrons. The normalized spacial score (nSPS) is 12.6. The summed E-state index contributed by atoms with van der Waals surface area (Å²) in [6, 6.07) is 11.8. The second kappa shape index (κ2) is 7.99. The van der Waals surface area contributed by atoms with Crippen LogP contribution in [0.4, 0.5) is 8.78 Å². The van der Waals surface area contributed by atoms with Crippen LogP contribution < -0.4 is 10.1 Å². The van der Waals surface area contributed by atoms with E-state index in [0.29, 0.717) is 22.3 Å². The number of carbonyl (C=O) groups excluding carboxylic acids is 1. The van der Waals surface area contributed by atoms with Crippen molar-refractivity contribution in [3.05, 3.63) is 65.9 Å².